The maximum absolute atomic E-state index is 11.3. The molecule has 88 valence electrons. The molecule has 0 fully saturated rings. The molecule has 5 nitrogen and oxygen atoms in total. The summed E-state index contributed by atoms with van der Waals surface area (Å²) in [6.07, 6.45) is 0. The first kappa shape index (κ1) is 11.9. The molecule has 0 amide bonds. The molecular weight excluding hydrogens is 263 g/mol. The molecular formula is C10H8Cl2N4O. The van der Waals surface area contributed by atoms with E-state index in [0.29, 0.717) is 21.4 Å². The number of aromatic nitrogens is 3. The van der Waals surface area contributed by atoms with Crippen molar-refractivity contribution in [2.45, 2.75) is 6.92 Å². The third-order valence-corrected chi connectivity index (χ3v) is 2.59. The second-order valence-corrected chi connectivity index (χ2v) is 4.18. The molecule has 0 atom stereocenters. The average molecular weight is 271 g/mol. The molecule has 0 aliphatic rings. The van der Waals surface area contributed by atoms with Crippen molar-refractivity contribution in [3.05, 3.63) is 44.3 Å². The zero-order valence-electron chi connectivity index (χ0n) is 8.79. The van der Waals surface area contributed by atoms with Crippen molar-refractivity contribution in [3.63, 3.8) is 0 Å². The summed E-state index contributed by atoms with van der Waals surface area (Å²) in [5.74, 6) is 0.227. The van der Waals surface area contributed by atoms with Crippen molar-refractivity contribution in [1.82, 2.24) is 15.2 Å². The Morgan fingerprint density at radius 1 is 1.29 bits per heavy atom. The number of nitrogens with zero attached hydrogens (tertiary/aromatic N) is 2. The Morgan fingerprint density at radius 2 is 2.06 bits per heavy atom. The SMILES string of the molecule is Cc1nnc(Nc2ccc(Cl)cc2Cl)[nH]c1=O. The minimum absolute atomic E-state index is 0.227. The van der Waals surface area contributed by atoms with E-state index in [4.69, 9.17) is 23.2 Å². The van der Waals surface area contributed by atoms with Crippen molar-refractivity contribution in [2.24, 2.45) is 0 Å². The molecule has 1 aromatic heterocycles. The van der Waals surface area contributed by atoms with E-state index in [1.807, 2.05) is 0 Å². The molecule has 0 aliphatic carbocycles. The van der Waals surface area contributed by atoms with Crippen molar-refractivity contribution >= 4 is 34.8 Å². The number of aromatic amines is 1. The molecule has 0 saturated heterocycles. The summed E-state index contributed by atoms with van der Waals surface area (Å²) >= 11 is 11.7. The normalized spacial score (nSPS) is 10.3. The number of nitrogens with one attached hydrogen (secondary N) is 2. The van der Waals surface area contributed by atoms with Crippen LogP contribution in [0.25, 0.3) is 0 Å². The van der Waals surface area contributed by atoms with Gasteiger partial charge in [0.15, 0.2) is 0 Å². The lowest BCUT2D eigenvalue weighted by molar-refractivity contribution is 0.908. The molecule has 0 unspecified atom stereocenters. The molecule has 2 rings (SSSR count). The number of hydrogen-bond donors (Lipinski definition) is 2. The third kappa shape index (κ3) is 2.75. The fourth-order valence-electron chi connectivity index (χ4n) is 1.17. The number of rotatable bonds is 2. The summed E-state index contributed by atoms with van der Waals surface area (Å²) in [6, 6.07) is 4.95. The lowest BCUT2D eigenvalue weighted by Crippen LogP contribution is -2.15. The van der Waals surface area contributed by atoms with Crippen LogP contribution in [0.3, 0.4) is 0 Å². The Bertz CT molecular complexity index is 611. The molecule has 17 heavy (non-hydrogen) atoms. The van der Waals surface area contributed by atoms with Gasteiger partial charge in [-0.3, -0.25) is 9.78 Å². The maximum Gasteiger partial charge on any atom is 0.273 e. The highest BCUT2D eigenvalue weighted by atomic mass is 35.5. The van der Waals surface area contributed by atoms with Crippen LogP contribution in [0.4, 0.5) is 11.6 Å². The van der Waals surface area contributed by atoms with E-state index in [0.717, 1.165) is 0 Å². The fourth-order valence-corrected chi connectivity index (χ4v) is 1.62. The van der Waals surface area contributed by atoms with Crippen LogP contribution in [0.2, 0.25) is 10.0 Å². The number of benzene rings is 1. The Morgan fingerprint density at radius 3 is 2.71 bits per heavy atom. The van der Waals surface area contributed by atoms with Crippen LogP contribution >= 0.6 is 23.2 Å². The van der Waals surface area contributed by atoms with Gasteiger partial charge in [-0.2, -0.15) is 0 Å². The van der Waals surface area contributed by atoms with Crippen LogP contribution in [-0.4, -0.2) is 15.2 Å². The zero-order valence-corrected chi connectivity index (χ0v) is 10.3. The Kier molecular flexibility index (Phi) is 3.31. The van der Waals surface area contributed by atoms with Gasteiger partial charge in [0, 0.05) is 5.02 Å². The van der Waals surface area contributed by atoms with Crippen LogP contribution in [0.1, 0.15) is 5.69 Å². The number of hydrogen-bond acceptors (Lipinski definition) is 4. The van der Waals surface area contributed by atoms with Crippen molar-refractivity contribution in [2.75, 3.05) is 5.32 Å². The van der Waals surface area contributed by atoms with Gasteiger partial charge >= 0.3 is 0 Å². The van der Waals surface area contributed by atoms with Gasteiger partial charge in [-0.15, -0.1) is 10.2 Å². The third-order valence-electron chi connectivity index (χ3n) is 2.04. The summed E-state index contributed by atoms with van der Waals surface area (Å²) in [5.41, 5.74) is 0.593. The topological polar surface area (TPSA) is 70.7 Å². The van der Waals surface area contributed by atoms with Gasteiger partial charge in [0.2, 0.25) is 5.95 Å². The first-order chi connectivity index (χ1) is 8.06. The predicted octanol–water partition coefficient (Wildman–Crippen LogP) is 2.52. The van der Waals surface area contributed by atoms with Crippen LogP contribution < -0.4 is 10.9 Å². The summed E-state index contributed by atoms with van der Waals surface area (Å²) < 4.78 is 0. The van der Waals surface area contributed by atoms with Crippen LogP contribution in [-0.2, 0) is 0 Å². The molecule has 7 heteroatoms. The van der Waals surface area contributed by atoms with E-state index < -0.39 is 0 Å². The first-order valence-electron chi connectivity index (χ1n) is 4.72. The maximum atomic E-state index is 11.3. The molecule has 2 aromatic rings. The molecule has 0 spiro atoms. The van der Waals surface area contributed by atoms with Crippen LogP contribution in [0.15, 0.2) is 23.0 Å². The fraction of sp³-hybridized carbons (Fsp3) is 0.100. The van der Waals surface area contributed by atoms with Gasteiger partial charge in [-0.25, -0.2) is 0 Å². The number of H-pyrrole nitrogens is 1. The Hall–Kier alpha value is -1.59. The summed E-state index contributed by atoms with van der Waals surface area (Å²) in [7, 11) is 0. The van der Waals surface area contributed by atoms with Gasteiger partial charge in [-0.05, 0) is 25.1 Å². The monoisotopic (exact) mass is 270 g/mol. The predicted molar refractivity (Wildman–Crippen MR) is 67.1 cm³/mol. The van der Waals surface area contributed by atoms with E-state index in [1.54, 1.807) is 25.1 Å². The van der Waals surface area contributed by atoms with E-state index >= 15 is 0 Å². The number of anilines is 2. The van der Waals surface area contributed by atoms with E-state index in [1.165, 1.54) is 0 Å². The van der Waals surface area contributed by atoms with Crippen molar-refractivity contribution < 1.29 is 0 Å². The molecule has 0 saturated carbocycles. The van der Waals surface area contributed by atoms with Crippen molar-refractivity contribution in [1.29, 1.82) is 0 Å². The lowest BCUT2D eigenvalue weighted by Gasteiger charge is -2.06. The van der Waals surface area contributed by atoms with Gasteiger partial charge in [0.1, 0.15) is 5.69 Å². The van der Waals surface area contributed by atoms with E-state index in [9.17, 15) is 4.79 Å². The smallest absolute Gasteiger partial charge is 0.273 e. The zero-order chi connectivity index (χ0) is 12.4. The van der Waals surface area contributed by atoms with Crippen molar-refractivity contribution in [3.8, 4) is 0 Å². The Labute approximate surface area is 107 Å². The largest absolute Gasteiger partial charge is 0.323 e. The molecule has 1 heterocycles. The van der Waals surface area contributed by atoms with E-state index in [2.05, 4.69) is 20.5 Å². The quantitative estimate of drug-likeness (QED) is 0.880. The molecule has 0 bridgehead atoms. The average Bonchev–Trinajstić information content (AvgIpc) is 2.27. The number of aryl methyl sites for hydroxylation is 1. The summed E-state index contributed by atoms with van der Waals surface area (Å²) in [6.45, 7) is 1.57. The van der Waals surface area contributed by atoms with Gasteiger partial charge in [0.05, 0.1) is 10.7 Å². The highest BCUT2D eigenvalue weighted by Gasteiger charge is 2.04. The standard InChI is InChI=1S/C10H8Cl2N4O/c1-5-9(17)14-10(16-15-5)13-8-3-2-6(11)4-7(8)12/h2-4H,1H3,(H2,13,14,16,17). The lowest BCUT2D eigenvalue weighted by atomic mass is 10.3. The minimum Gasteiger partial charge on any atom is -0.323 e. The summed E-state index contributed by atoms with van der Waals surface area (Å²) in [5, 5.41) is 11.3. The summed E-state index contributed by atoms with van der Waals surface area (Å²) in [4.78, 5) is 13.9. The van der Waals surface area contributed by atoms with Gasteiger partial charge in [-0.1, -0.05) is 23.2 Å². The minimum atomic E-state index is -0.299. The first-order valence-corrected chi connectivity index (χ1v) is 5.47. The number of halogens is 2. The molecule has 0 aliphatic heterocycles. The highest BCUT2D eigenvalue weighted by Crippen LogP contribution is 2.26. The molecule has 0 radical (unpaired) electrons. The van der Waals surface area contributed by atoms with Crippen LogP contribution in [0, 0.1) is 6.92 Å². The molecule has 2 N–H and O–H groups in total. The van der Waals surface area contributed by atoms with Gasteiger partial charge < -0.3 is 5.32 Å². The van der Waals surface area contributed by atoms with Crippen LogP contribution in [0.5, 0.6) is 0 Å². The second-order valence-electron chi connectivity index (χ2n) is 3.34. The van der Waals surface area contributed by atoms with E-state index in [-0.39, 0.29) is 11.5 Å². The second kappa shape index (κ2) is 4.73. The molecule has 1 aromatic carbocycles. The van der Waals surface area contributed by atoms with Gasteiger partial charge in [0.25, 0.3) is 5.56 Å². The Balaban J connectivity index is 2.31. The highest BCUT2D eigenvalue weighted by molar-refractivity contribution is 6.36.